The maximum atomic E-state index is 4.59. The highest BCUT2D eigenvalue weighted by molar-refractivity contribution is 7.09. The molecule has 8 heteroatoms. The summed E-state index contributed by atoms with van der Waals surface area (Å²) in [5.74, 6) is 1.64. The van der Waals surface area contributed by atoms with Crippen LogP contribution in [-0.4, -0.2) is 64.3 Å². The predicted octanol–water partition coefficient (Wildman–Crippen LogP) is 2.10. The van der Waals surface area contributed by atoms with Crippen molar-refractivity contribution in [2.45, 2.75) is 32.9 Å². The lowest BCUT2D eigenvalue weighted by Crippen LogP contribution is -2.43. The Bertz CT molecular complexity index is 743. The zero-order chi connectivity index (χ0) is 19.2. The van der Waals surface area contributed by atoms with E-state index in [9.17, 15) is 0 Å². The zero-order valence-electron chi connectivity index (χ0n) is 16.9. The Kier molecular flexibility index (Phi) is 6.84. The van der Waals surface area contributed by atoms with E-state index in [1.165, 1.54) is 24.1 Å². The number of nitrogens with one attached hydrogen (secondary N) is 1. The average molecular weight is 390 g/mol. The van der Waals surface area contributed by atoms with E-state index in [1.807, 2.05) is 31.2 Å². The standard InChI is InChI=1S/C19H31N7S/c1-15-23-18(14-27-15)13-26-7-5-16(6-8-26)9-21-19(20-2)24(3)11-17-10-22-25(4)12-17/h10,12,14,16H,5-9,11,13H2,1-4H3,(H,20,21). The largest absolute Gasteiger partial charge is 0.356 e. The van der Waals surface area contributed by atoms with Crippen LogP contribution in [0.25, 0.3) is 0 Å². The van der Waals surface area contributed by atoms with Gasteiger partial charge in [-0.05, 0) is 38.8 Å². The fourth-order valence-corrected chi connectivity index (χ4v) is 4.19. The molecule has 1 fully saturated rings. The molecule has 1 N–H and O–H groups in total. The highest BCUT2D eigenvalue weighted by atomic mass is 32.1. The van der Waals surface area contributed by atoms with Crippen LogP contribution in [0.5, 0.6) is 0 Å². The van der Waals surface area contributed by atoms with E-state index >= 15 is 0 Å². The molecule has 148 valence electrons. The number of likely N-dealkylation sites (tertiary alicyclic amines) is 1. The Hall–Kier alpha value is -1.93. The van der Waals surface area contributed by atoms with Gasteiger partial charge in [-0.2, -0.15) is 5.10 Å². The molecule has 0 aliphatic carbocycles. The second-order valence-corrected chi connectivity index (χ2v) is 8.45. The number of hydrogen-bond donors (Lipinski definition) is 1. The Morgan fingerprint density at radius 3 is 2.78 bits per heavy atom. The fourth-order valence-electron chi connectivity index (χ4n) is 3.58. The quantitative estimate of drug-likeness (QED) is 0.606. The summed E-state index contributed by atoms with van der Waals surface area (Å²) in [6.07, 6.45) is 6.39. The van der Waals surface area contributed by atoms with Crippen molar-refractivity contribution < 1.29 is 0 Å². The Morgan fingerprint density at radius 2 is 2.19 bits per heavy atom. The molecular weight excluding hydrogens is 358 g/mol. The minimum Gasteiger partial charge on any atom is -0.356 e. The lowest BCUT2D eigenvalue weighted by Gasteiger charge is -2.32. The van der Waals surface area contributed by atoms with Crippen LogP contribution in [0.2, 0.25) is 0 Å². The van der Waals surface area contributed by atoms with Gasteiger partial charge in [0.05, 0.1) is 16.9 Å². The lowest BCUT2D eigenvalue weighted by molar-refractivity contribution is 0.176. The summed E-state index contributed by atoms with van der Waals surface area (Å²) in [5.41, 5.74) is 2.40. The van der Waals surface area contributed by atoms with Crippen LogP contribution in [0.1, 0.15) is 29.1 Å². The van der Waals surface area contributed by atoms with E-state index < -0.39 is 0 Å². The van der Waals surface area contributed by atoms with Gasteiger partial charge in [0.25, 0.3) is 0 Å². The number of nitrogens with zero attached hydrogens (tertiary/aromatic N) is 6. The molecule has 3 rings (SSSR count). The van der Waals surface area contributed by atoms with E-state index in [0.717, 1.165) is 43.7 Å². The molecule has 7 nitrogen and oxygen atoms in total. The molecule has 0 spiro atoms. The number of guanidine groups is 1. The first-order chi connectivity index (χ1) is 13.0. The number of hydrogen-bond acceptors (Lipinski definition) is 5. The molecule has 1 saturated heterocycles. The van der Waals surface area contributed by atoms with Crippen molar-refractivity contribution in [1.82, 2.24) is 29.9 Å². The van der Waals surface area contributed by atoms with Crippen molar-refractivity contribution >= 4 is 17.3 Å². The van der Waals surface area contributed by atoms with Crippen LogP contribution in [0.4, 0.5) is 0 Å². The highest BCUT2D eigenvalue weighted by Crippen LogP contribution is 2.19. The first kappa shape index (κ1) is 19.8. The molecule has 3 heterocycles. The molecule has 27 heavy (non-hydrogen) atoms. The van der Waals surface area contributed by atoms with Gasteiger partial charge >= 0.3 is 0 Å². The molecule has 0 unspecified atom stereocenters. The fraction of sp³-hybridized carbons (Fsp3) is 0.632. The summed E-state index contributed by atoms with van der Waals surface area (Å²) < 4.78 is 1.83. The molecule has 0 atom stereocenters. The van der Waals surface area contributed by atoms with Crippen LogP contribution in [0.3, 0.4) is 0 Å². The molecule has 1 aliphatic rings. The molecule has 0 bridgehead atoms. The van der Waals surface area contributed by atoms with E-state index in [4.69, 9.17) is 0 Å². The molecule has 0 saturated carbocycles. The van der Waals surface area contributed by atoms with Gasteiger partial charge in [-0.3, -0.25) is 14.6 Å². The number of piperidine rings is 1. The van der Waals surface area contributed by atoms with Crippen LogP contribution < -0.4 is 5.32 Å². The van der Waals surface area contributed by atoms with E-state index in [2.05, 4.69) is 49.5 Å². The molecular formula is C19H31N7S. The van der Waals surface area contributed by atoms with Crippen LogP contribution >= 0.6 is 11.3 Å². The van der Waals surface area contributed by atoms with Gasteiger partial charge in [0.15, 0.2) is 5.96 Å². The van der Waals surface area contributed by atoms with Crippen LogP contribution in [-0.2, 0) is 20.1 Å². The number of thiazole rings is 1. The molecule has 0 radical (unpaired) electrons. The third kappa shape index (κ3) is 5.77. The first-order valence-corrected chi connectivity index (χ1v) is 10.4. The maximum Gasteiger partial charge on any atom is 0.193 e. The van der Waals surface area contributed by atoms with Gasteiger partial charge in [-0.1, -0.05) is 0 Å². The monoisotopic (exact) mass is 389 g/mol. The second-order valence-electron chi connectivity index (χ2n) is 7.38. The summed E-state index contributed by atoms with van der Waals surface area (Å²) in [6, 6.07) is 0. The van der Waals surface area contributed by atoms with Gasteiger partial charge in [0.1, 0.15) is 0 Å². The molecule has 0 amide bonds. The summed E-state index contributed by atoms with van der Waals surface area (Å²) in [4.78, 5) is 13.7. The van der Waals surface area contributed by atoms with Crippen molar-refractivity contribution in [2.75, 3.05) is 33.7 Å². The zero-order valence-corrected chi connectivity index (χ0v) is 17.7. The van der Waals surface area contributed by atoms with Gasteiger partial charge in [-0.15, -0.1) is 11.3 Å². The Balaban J connectivity index is 1.40. The summed E-state index contributed by atoms with van der Waals surface area (Å²) in [7, 11) is 5.86. The molecule has 0 aromatic carbocycles. The summed E-state index contributed by atoms with van der Waals surface area (Å²) in [6.45, 7) is 7.14. The second kappa shape index (κ2) is 9.32. The van der Waals surface area contributed by atoms with Gasteiger partial charge in [0.2, 0.25) is 0 Å². The minimum atomic E-state index is 0.696. The predicted molar refractivity (Wildman–Crippen MR) is 111 cm³/mol. The van der Waals surface area contributed by atoms with E-state index in [-0.39, 0.29) is 0 Å². The number of aromatic nitrogens is 3. The molecule has 1 aliphatic heterocycles. The Labute approximate surface area is 166 Å². The van der Waals surface area contributed by atoms with Gasteiger partial charge in [0, 0.05) is 57.9 Å². The third-order valence-corrected chi connectivity index (χ3v) is 5.88. The smallest absolute Gasteiger partial charge is 0.193 e. The summed E-state index contributed by atoms with van der Waals surface area (Å²) >= 11 is 1.74. The Morgan fingerprint density at radius 1 is 1.41 bits per heavy atom. The van der Waals surface area contributed by atoms with Crippen molar-refractivity contribution in [1.29, 1.82) is 0 Å². The SMILES string of the molecule is CN=C(NCC1CCN(Cc2csc(C)n2)CC1)N(C)Cc1cnn(C)c1. The molecule has 2 aromatic rings. The van der Waals surface area contributed by atoms with E-state index in [1.54, 1.807) is 11.3 Å². The number of aryl methyl sites for hydroxylation is 2. The van der Waals surface area contributed by atoms with Crippen molar-refractivity contribution in [2.24, 2.45) is 18.0 Å². The molecule has 2 aromatic heterocycles. The van der Waals surface area contributed by atoms with Crippen LogP contribution in [0.15, 0.2) is 22.8 Å². The first-order valence-electron chi connectivity index (χ1n) is 9.56. The van der Waals surface area contributed by atoms with Gasteiger partial charge < -0.3 is 10.2 Å². The van der Waals surface area contributed by atoms with E-state index in [0.29, 0.717) is 5.92 Å². The van der Waals surface area contributed by atoms with Crippen molar-refractivity contribution in [3.05, 3.63) is 34.0 Å². The van der Waals surface area contributed by atoms with Crippen molar-refractivity contribution in [3.63, 3.8) is 0 Å². The van der Waals surface area contributed by atoms with Gasteiger partial charge in [-0.25, -0.2) is 4.98 Å². The summed E-state index contributed by atoms with van der Waals surface area (Å²) in [5, 5.41) is 11.1. The lowest BCUT2D eigenvalue weighted by atomic mass is 9.97. The highest BCUT2D eigenvalue weighted by Gasteiger charge is 2.20. The van der Waals surface area contributed by atoms with Crippen molar-refractivity contribution in [3.8, 4) is 0 Å². The minimum absolute atomic E-state index is 0.696. The maximum absolute atomic E-state index is 4.59. The normalized spacial score (nSPS) is 16.7. The number of rotatable bonds is 6. The number of aliphatic imine (C=N–C) groups is 1. The third-order valence-electron chi connectivity index (χ3n) is 5.06. The average Bonchev–Trinajstić information content (AvgIpc) is 3.25. The topological polar surface area (TPSA) is 61.6 Å². The van der Waals surface area contributed by atoms with Crippen LogP contribution in [0, 0.1) is 12.8 Å².